The summed E-state index contributed by atoms with van der Waals surface area (Å²) in [5.74, 6) is -1.38. The Balaban J connectivity index is 2.42. The SMILES string of the molecule is NC(=O)[C@H]1CCCCN1S(=O)(=O)c1ccc(F)c(Cl)c1. The minimum Gasteiger partial charge on any atom is -0.368 e. The van der Waals surface area contributed by atoms with Crippen LogP contribution in [0, 0.1) is 5.82 Å². The van der Waals surface area contributed by atoms with Crippen LogP contribution in [-0.2, 0) is 14.8 Å². The van der Waals surface area contributed by atoms with Gasteiger partial charge in [0.1, 0.15) is 11.9 Å². The zero-order valence-electron chi connectivity index (χ0n) is 10.6. The van der Waals surface area contributed by atoms with E-state index in [-0.39, 0.29) is 16.5 Å². The highest BCUT2D eigenvalue weighted by Crippen LogP contribution is 2.27. The van der Waals surface area contributed by atoms with Gasteiger partial charge < -0.3 is 5.73 Å². The van der Waals surface area contributed by atoms with E-state index in [4.69, 9.17) is 17.3 Å². The van der Waals surface area contributed by atoms with Crippen molar-refractivity contribution in [2.45, 2.75) is 30.2 Å². The maximum absolute atomic E-state index is 13.1. The number of carbonyl (C=O) groups excluding carboxylic acids is 1. The van der Waals surface area contributed by atoms with Crippen LogP contribution in [0.1, 0.15) is 19.3 Å². The quantitative estimate of drug-likeness (QED) is 0.916. The van der Waals surface area contributed by atoms with Crippen molar-refractivity contribution in [2.75, 3.05) is 6.54 Å². The van der Waals surface area contributed by atoms with Crippen LogP contribution in [-0.4, -0.2) is 31.2 Å². The van der Waals surface area contributed by atoms with E-state index in [2.05, 4.69) is 0 Å². The minimum atomic E-state index is -3.91. The molecule has 110 valence electrons. The van der Waals surface area contributed by atoms with Gasteiger partial charge in [-0.25, -0.2) is 12.8 Å². The molecule has 0 saturated carbocycles. The molecule has 1 heterocycles. The number of primary amides is 1. The molecule has 0 bridgehead atoms. The van der Waals surface area contributed by atoms with Gasteiger partial charge in [0, 0.05) is 6.54 Å². The normalized spacial score (nSPS) is 20.8. The average molecular weight is 321 g/mol. The monoisotopic (exact) mass is 320 g/mol. The van der Waals surface area contributed by atoms with E-state index >= 15 is 0 Å². The molecule has 0 aromatic heterocycles. The number of benzene rings is 1. The van der Waals surface area contributed by atoms with Crippen LogP contribution < -0.4 is 5.73 Å². The van der Waals surface area contributed by atoms with Gasteiger partial charge in [0.15, 0.2) is 0 Å². The summed E-state index contributed by atoms with van der Waals surface area (Å²) in [6, 6.07) is 2.29. The summed E-state index contributed by atoms with van der Waals surface area (Å²) in [5, 5.41) is -0.279. The molecule has 8 heteroatoms. The fourth-order valence-electron chi connectivity index (χ4n) is 2.25. The summed E-state index contributed by atoms with van der Waals surface area (Å²) in [4.78, 5) is 11.3. The van der Waals surface area contributed by atoms with Crippen LogP contribution in [0.25, 0.3) is 0 Å². The molecule has 2 rings (SSSR count). The lowest BCUT2D eigenvalue weighted by Crippen LogP contribution is -2.50. The van der Waals surface area contributed by atoms with Gasteiger partial charge in [0.05, 0.1) is 9.92 Å². The molecule has 1 aliphatic heterocycles. The van der Waals surface area contributed by atoms with E-state index in [1.165, 1.54) is 0 Å². The molecule has 1 aliphatic rings. The first kappa shape index (κ1) is 15.2. The second kappa shape index (κ2) is 5.67. The fraction of sp³-hybridized carbons (Fsp3) is 0.417. The first-order valence-corrected chi connectivity index (χ1v) is 7.92. The highest BCUT2D eigenvalue weighted by molar-refractivity contribution is 7.89. The molecule has 1 aromatic rings. The van der Waals surface area contributed by atoms with E-state index in [9.17, 15) is 17.6 Å². The number of rotatable bonds is 3. The van der Waals surface area contributed by atoms with Crippen molar-refractivity contribution in [2.24, 2.45) is 5.73 Å². The summed E-state index contributed by atoms with van der Waals surface area (Å²) < 4.78 is 39.2. The third kappa shape index (κ3) is 2.79. The van der Waals surface area contributed by atoms with Crippen molar-refractivity contribution in [1.82, 2.24) is 4.31 Å². The Morgan fingerprint density at radius 1 is 1.40 bits per heavy atom. The topological polar surface area (TPSA) is 80.5 Å². The van der Waals surface area contributed by atoms with Crippen LogP contribution in [0.4, 0.5) is 4.39 Å². The molecule has 0 spiro atoms. The number of nitrogens with zero attached hydrogens (tertiary/aromatic N) is 1. The van der Waals surface area contributed by atoms with E-state index in [0.717, 1.165) is 28.9 Å². The van der Waals surface area contributed by atoms with Gasteiger partial charge in [-0.3, -0.25) is 4.79 Å². The number of halogens is 2. The van der Waals surface area contributed by atoms with Crippen LogP contribution >= 0.6 is 11.6 Å². The van der Waals surface area contributed by atoms with E-state index in [1.54, 1.807) is 0 Å². The van der Waals surface area contributed by atoms with Crippen molar-refractivity contribution in [3.63, 3.8) is 0 Å². The van der Waals surface area contributed by atoms with Gasteiger partial charge in [0.25, 0.3) is 0 Å². The molecule has 1 fully saturated rings. The summed E-state index contributed by atoms with van der Waals surface area (Å²) in [6.07, 6.45) is 1.78. The first-order valence-electron chi connectivity index (χ1n) is 6.10. The summed E-state index contributed by atoms with van der Waals surface area (Å²) in [6.45, 7) is 0.213. The van der Waals surface area contributed by atoms with E-state index in [1.807, 2.05) is 0 Å². The summed E-state index contributed by atoms with van der Waals surface area (Å²) >= 11 is 5.61. The van der Waals surface area contributed by atoms with Gasteiger partial charge >= 0.3 is 0 Å². The van der Waals surface area contributed by atoms with Gasteiger partial charge in [-0.05, 0) is 31.0 Å². The molecule has 1 amide bonds. The number of sulfonamides is 1. The van der Waals surface area contributed by atoms with Crippen molar-refractivity contribution >= 4 is 27.5 Å². The minimum absolute atomic E-state index is 0.142. The molecule has 1 atom stereocenters. The van der Waals surface area contributed by atoms with Crippen molar-refractivity contribution in [3.05, 3.63) is 29.0 Å². The Morgan fingerprint density at radius 2 is 2.10 bits per heavy atom. The molecular formula is C12H14ClFN2O3S. The summed E-state index contributed by atoms with van der Waals surface area (Å²) in [5.41, 5.74) is 5.26. The number of carbonyl (C=O) groups is 1. The van der Waals surface area contributed by atoms with Crippen LogP contribution in [0.2, 0.25) is 5.02 Å². The van der Waals surface area contributed by atoms with Gasteiger partial charge in [-0.2, -0.15) is 4.31 Å². The predicted octanol–water partition coefficient (Wildman–Crippen LogP) is 1.51. The first-order chi connectivity index (χ1) is 9.34. The predicted molar refractivity (Wildman–Crippen MR) is 72.1 cm³/mol. The zero-order chi connectivity index (χ0) is 14.9. The third-order valence-corrected chi connectivity index (χ3v) is 5.47. The summed E-state index contributed by atoms with van der Waals surface area (Å²) in [7, 11) is -3.91. The van der Waals surface area contributed by atoms with Crippen molar-refractivity contribution in [1.29, 1.82) is 0 Å². The second-order valence-electron chi connectivity index (χ2n) is 4.61. The smallest absolute Gasteiger partial charge is 0.243 e. The fourth-order valence-corrected chi connectivity index (χ4v) is 4.19. The third-order valence-electron chi connectivity index (χ3n) is 3.28. The molecule has 2 N–H and O–H groups in total. The molecule has 5 nitrogen and oxygen atoms in total. The Bertz CT molecular complexity index is 636. The Hall–Kier alpha value is -1.18. The average Bonchev–Trinajstić information content (AvgIpc) is 2.41. The highest BCUT2D eigenvalue weighted by atomic mass is 35.5. The number of nitrogens with two attached hydrogens (primary N) is 1. The van der Waals surface area contributed by atoms with Crippen molar-refractivity contribution in [3.8, 4) is 0 Å². The van der Waals surface area contributed by atoms with E-state index < -0.39 is 27.8 Å². The lowest BCUT2D eigenvalue weighted by molar-refractivity contribution is -0.122. The zero-order valence-corrected chi connectivity index (χ0v) is 12.1. The molecule has 1 saturated heterocycles. The maximum Gasteiger partial charge on any atom is 0.243 e. The van der Waals surface area contributed by atoms with Crippen LogP contribution in [0.3, 0.4) is 0 Å². The molecule has 20 heavy (non-hydrogen) atoms. The molecule has 0 radical (unpaired) electrons. The van der Waals surface area contributed by atoms with Gasteiger partial charge in [-0.15, -0.1) is 0 Å². The van der Waals surface area contributed by atoms with Crippen molar-refractivity contribution < 1.29 is 17.6 Å². The lowest BCUT2D eigenvalue weighted by atomic mass is 10.0. The largest absolute Gasteiger partial charge is 0.368 e. The number of hydrogen-bond acceptors (Lipinski definition) is 3. The Labute approximate surface area is 121 Å². The van der Waals surface area contributed by atoms with Gasteiger partial charge in [0.2, 0.25) is 15.9 Å². The molecule has 0 unspecified atom stereocenters. The van der Waals surface area contributed by atoms with Gasteiger partial charge in [-0.1, -0.05) is 18.0 Å². The Morgan fingerprint density at radius 3 is 2.70 bits per heavy atom. The Kier molecular flexibility index (Phi) is 4.31. The second-order valence-corrected chi connectivity index (χ2v) is 6.90. The highest BCUT2D eigenvalue weighted by Gasteiger charge is 2.36. The lowest BCUT2D eigenvalue weighted by Gasteiger charge is -2.32. The number of piperidine rings is 1. The van der Waals surface area contributed by atoms with Crippen LogP contribution in [0.15, 0.2) is 23.1 Å². The maximum atomic E-state index is 13.1. The molecule has 0 aliphatic carbocycles. The standard InChI is InChI=1S/C12H14ClFN2O3S/c13-9-7-8(4-5-10(9)14)20(18,19)16-6-2-1-3-11(16)12(15)17/h4-5,7,11H,1-3,6H2,(H2,15,17)/t11-/m1/s1. The van der Waals surface area contributed by atoms with E-state index in [0.29, 0.717) is 12.8 Å². The number of hydrogen-bond donors (Lipinski definition) is 1. The van der Waals surface area contributed by atoms with Crippen LogP contribution in [0.5, 0.6) is 0 Å². The molecular weight excluding hydrogens is 307 g/mol. The number of amides is 1. The molecule has 1 aromatic carbocycles.